The lowest BCUT2D eigenvalue weighted by molar-refractivity contribution is -0.125. The Balaban J connectivity index is 1.32. The first-order chi connectivity index (χ1) is 15.0. The molecule has 1 amide bonds. The van der Waals surface area contributed by atoms with Crippen molar-refractivity contribution < 1.29 is 14.3 Å². The predicted octanol–water partition coefficient (Wildman–Crippen LogP) is 1.62. The first kappa shape index (κ1) is 19.4. The standard InChI is InChI=1S/C22H22N6O3/c1-13-16(4-5-17-18(13)11-31-22(17)30)19-9-27(10-21(29)25-19)8-15-3-6-20(23-7-15)28-12-24-14(2)26-28/h3-7,12,19H,8-11H2,1-2H3,(H,25,29)/t19-/m0/s1. The second-order valence-corrected chi connectivity index (χ2v) is 7.93. The number of hydrogen-bond acceptors (Lipinski definition) is 7. The van der Waals surface area contributed by atoms with Gasteiger partial charge in [0, 0.05) is 24.8 Å². The fraction of sp³-hybridized carbons (Fsp3) is 0.318. The van der Waals surface area contributed by atoms with Crippen molar-refractivity contribution in [2.24, 2.45) is 0 Å². The topological polar surface area (TPSA) is 102 Å². The summed E-state index contributed by atoms with van der Waals surface area (Å²) in [5.74, 6) is 1.08. The minimum absolute atomic E-state index is 0.0221. The van der Waals surface area contributed by atoms with Gasteiger partial charge >= 0.3 is 5.97 Å². The zero-order chi connectivity index (χ0) is 21.5. The van der Waals surface area contributed by atoms with Gasteiger partial charge in [-0.25, -0.2) is 19.4 Å². The van der Waals surface area contributed by atoms with Crippen LogP contribution in [0.15, 0.2) is 36.8 Å². The van der Waals surface area contributed by atoms with Gasteiger partial charge in [0.2, 0.25) is 5.91 Å². The number of piperazine rings is 1. The smallest absolute Gasteiger partial charge is 0.338 e. The molecule has 2 aliphatic heterocycles. The van der Waals surface area contributed by atoms with Gasteiger partial charge < -0.3 is 10.1 Å². The van der Waals surface area contributed by atoms with E-state index in [1.807, 2.05) is 32.0 Å². The Morgan fingerprint density at radius 1 is 1.16 bits per heavy atom. The zero-order valence-corrected chi connectivity index (χ0v) is 17.3. The molecule has 0 bridgehead atoms. The molecule has 158 valence electrons. The minimum atomic E-state index is -0.282. The second kappa shape index (κ2) is 7.59. The van der Waals surface area contributed by atoms with Crippen LogP contribution in [0.4, 0.5) is 0 Å². The molecule has 0 saturated carbocycles. The fourth-order valence-corrected chi connectivity index (χ4v) is 4.21. The van der Waals surface area contributed by atoms with Crippen LogP contribution in [0.2, 0.25) is 0 Å². The monoisotopic (exact) mass is 418 g/mol. The molecule has 0 unspecified atom stereocenters. The van der Waals surface area contributed by atoms with Crippen LogP contribution >= 0.6 is 0 Å². The highest BCUT2D eigenvalue weighted by Gasteiger charge is 2.30. The minimum Gasteiger partial charge on any atom is -0.457 e. The number of pyridine rings is 1. The van der Waals surface area contributed by atoms with Crippen LogP contribution in [-0.2, 0) is 22.7 Å². The van der Waals surface area contributed by atoms with Gasteiger partial charge in [0.25, 0.3) is 0 Å². The third kappa shape index (κ3) is 3.68. The maximum Gasteiger partial charge on any atom is 0.338 e. The quantitative estimate of drug-likeness (QED) is 0.643. The molecule has 3 aromatic rings. The largest absolute Gasteiger partial charge is 0.457 e. The molecule has 2 aromatic heterocycles. The molecule has 0 radical (unpaired) electrons. The van der Waals surface area contributed by atoms with E-state index in [1.54, 1.807) is 23.3 Å². The normalized spacial score (nSPS) is 18.6. The highest BCUT2D eigenvalue weighted by Crippen LogP contribution is 2.30. The van der Waals surface area contributed by atoms with E-state index < -0.39 is 0 Å². The van der Waals surface area contributed by atoms with Gasteiger partial charge in [0.1, 0.15) is 18.8 Å². The van der Waals surface area contributed by atoms with E-state index in [0.717, 1.165) is 22.3 Å². The highest BCUT2D eigenvalue weighted by atomic mass is 16.5. The number of benzene rings is 1. The Kier molecular flexibility index (Phi) is 4.74. The number of esters is 1. The average Bonchev–Trinajstić information content (AvgIpc) is 3.35. The number of aromatic nitrogens is 4. The summed E-state index contributed by atoms with van der Waals surface area (Å²) in [6.45, 7) is 5.71. The molecule has 0 spiro atoms. The SMILES string of the molecule is Cc1ncn(-c2ccc(CN3CC(=O)N[C@H](c4ccc5c(c4C)COC5=O)C3)cn2)n1. The maximum atomic E-state index is 12.4. The summed E-state index contributed by atoms with van der Waals surface area (Å²) in [4.78, 5) is 34.9. The third-order valence-electron chi connectivity index (χ3n) is 5.78. The van der Waals surface area contributed by atoms with E-state index in [2.05, 4.69) is 25.3 Å². The van der Waals surface area contributed by atoms with Crippen molar-refractivity contribution in [3.8, 4) is 5.82 Å². The molecule has 4 heterocycles. The second-order valence-electron chi connectivity index (χ2n) is 7.93. The van der Waals surface area contributed by atoms with Crippen LogP contribution in [0.5, 0.6) is 0 Å². The molecule has 1 fully saturated rings. The van der Waals surface area contributed by atoms with Gasteiger partial charge in [-0.1, -0.05) is 12.1 Å². The molecular formula is C22H22N6O3. The van der Waals surface area contributed by atoms with E-state index >= 15 is 0 Å². The highest BCUT2D eigenvalue weighted by molar-refractivity contribution is 5.94. The molecule has 1 aromatic carbocycles. The summed E-state index contributed by atoms with van der Waals surface area (Å²) in [5.41, 5.74) is 4.57. The van der Waals surface area contributed by atoms with Gasteiger partial charge in [-0.2, -0.15) is 5.10 Å². The number of ether oxygens (including phenoxy) is 1. The summed E-state index contributed by atoms with van der Waals surface area (Å²) in [6, 6.07) is 7.46. The van der Waals surface area contributed by atoms with Crippen molar-refractivity contribution in [3.05, 3.63) is 70.4 Å². The van der Waals surface area contributed by atoms with Crippen molar-refractivity contribution in [1.29, 1.82) is 0 Å². The number of rotatable bonds is 4. The van der Waals surface area contributed by atoms with E-state index in [-0.39, 0.29) is 17.9 Å². The summed E-state index contributed by atoms with van der Waals surface area (Å²) >= 11 is 0. The average molecular weight is 418 g/mol. The number of cyclic esters (lactones) is 1. The Hall–Kier alpha value is -3.59. The van der Waals surface area contributed by atoms with Crippen LogP contribution in [-0.4, -0.2) is 49.6 Å². The molecule has 1 atom stereocenters. The molecule has 31 heavy (non-hydrogen) atoms. The Bertz CT molecular complexity index is 1170. The number of fused-ring (bicyclic) bond motifs is 1. The van der Waals surface area contributed by atoms with Crippen LogP contribution in [0.25, 0.3) is 5.82 Å². The van der Waals surface area contributed by atoms with Crippen molar-refractivity contribution in [2.75, 3.05) is 13.1 Å². The summed E-state index contributed by atoms with van der Waals surface area (Å²) in [5, 5.41) is 7.35. The van der Waals surface area contributed by atoms with Crippen LogP contribution < -0.4 is 5.32 Å². The zero-order valence-electron chi connectivity index (χ0n) is 17.3. The Labute approximate surface area is 179 Å². The van der Waals surface area contributed by atoms with Crippen LogP contribution in [0.1, 0.15) is 44.5 Å². The van der Waals surface area contributed by atoms with Crippen LogP contribution in [0.3, 0.4) is 0 Å². The molecule has 0 aliphatic carbocycles. The number of nitrogens with one attached hydrogen (secondary N) is 1. The van der Waals surface area contributed by atoms with Gasteiger partial charge in [0.05, 0.1) is 18.2 Å². The van der Waals surface area contributed by atoms with E-state index in [1.165, 1.54) is 0 Å². The van der Waals surface area contributed by atoms with Crippen molar-refractivity contribution in [1.82, 2.24) is 30.0 Å². The lowest BCUT2D eigenvalue weighted by Gasteiger charge is -2.34. The van der Waals surface area contributed by atoms with E-state index in [0.29, 0.717) is 43.4 Å². The summed E-state index contributed by atoms with van der Waals surface area (Å²) in [6.07, 6.45) is 3.44. The predicted molar refractivity (Wildman–Crippen MR) is 110 cm³/mol. The Morgan fingerprint density at radius 3 is 2.77 bits per heavy atom. The van der Waals surface area contributed by atoms with Crippen LogP contribution in [0, 0.1) is 13.8 Å². The number of nitrogens with zero attached hydrogens (tertiary/aromatic N) is 5. The third-order valence-corrected chi connectivity index (χ3v) is 5.78. The number of aryl methyl sites for hydroxylation is 1. The van der Waals surface area contributed by atoms with E-state index in [4.69, 9.17) is 4.74 Å². The summed E-state index contributed by atoms with van der Waals surface area (Å²) in [7, 11) is 0. The molecule has 2 aliphatic rings. The molecule has 5 rings (SSSR count). The van der Waals surface area contributed by atoms with E-state index in [9.17, 15) is 9.59 Å². The number of carbonyl (C=O) groups excluding carboxylic acids is 2. The Morgan fingerprint density at radius 2 is 2.03 bits per heavy atom. The van der Waals surface area contributed by atoms with Gasteiger partial charge in [0.15, 0.2) is 5.82 Å². The lowest BCUT2D eigenvalue weighted by Crippen LogP contribution is -2.49. The fourth-order valence-electron chi connectivity index (χ4n) is 4.21. The number of hydrogen-bond donors (Lipinski definition) is 1. The molecule has 1 N–H and O–H groups in total. The van der Waals surface area contributed by atoms with Gasteiger partial charge in [-0.05, 0) is 42.7 Å². The van der Waals surface area contributed by atoms with Crippen molar-refractivity contribution in [2.45, 2.75) is 33.0 Å². The lowest BCUT2D eigenvalue weighted by atomic mass is 9.93. The maximum absolute atomic E-state index is 12.4. The number of amides is 1. The number of carbonyl (C=O) groups is 2. The first-order valence-electron chi connectivity index (χ1n) is 10.1. The van der Waals surface area contributed by atoms with Gasteiger partial charge in [-0.3, -0.25) is 9.69 Å². The summed E-state index contributed by atoms with van der Waals surface area (Å²) < 4.78 is 6.79. The molecule has 9 nitrogen and oxygen atoms in total. The molecule has 9 heteroatoms. The van der Waals surface area contributed by atoms with Crippen molar-refractivity contribution in [3.63, 3.8) is 0 Å². The van der Waals surface area contributed by atoms with Gasteiger partial charge in [-0.15, -0.1) is 0 Å². The molecular weight excluding hydrogens is 396 g/mol. The molecule has 1 saturated heterocycles. The first-order valence-corrected chi connectivity index (χ1v) is 10.1. The van der Waals surface area contributed by atoms with Crippen molar-refractivity contribution >= 4 is 11.9 Å².